The summed E-state index contributed by atoms with van der Waals surface area (Å²) >= 11 is 7.99. The summed E-state index contributed by atoms with van der Waals surface area (Å²) < 4.78 is 0. The Kier molecular flexibility index (Phi) is 4.50. The zero-order valence-electron chi connectivity index (χ0n) is 13.3. The van der Waals surface area contributed by atoms with Gasteiger partial charge in [-0.05, 0) is 31.0 Å². The van der Waals surface area contributed by atoms with Gasteiger partial charge < -0.3 is 9.80 Å². The van der Waals surface area contributed by atoms with Gasteiger partial charge in [-0.3, -0.25) is 4.79 Å². The molecule has 0 spiro atoms. The van der Waals surface area contributed by atoms with E-state index in [1.165, 1.54) is 0 Å². The maximum Gasteiger partial charge on any atom is 0.245 e. The van der Waals surface area contributed by atoms with E-state index >= 15 is 0 Å². The van der Waals surface area contributed by atoms with Crippen LogP contribution in [0.5, 0.6) is 0 Å². The van der Waals surface area contributed by atoms with Crippen molar-refractivity contribution in [1.29, 1.82) is 0 Å². The van der Waals surface area contributed by atoms with Crippen molar-refractivity contribution in [2.75, 3.05) is 36.0 Å². The second kappa shape index (κ2) is 6.76. The fourth-order valence-corrected chi connectivity index (χ4v) is 4.59. The van der Waals surface area contributed by atoms with Gasteiger partial charge in [0.25, 0.3) is 0 Å². The average molecular weight is 363 g/mol. The van der Waals surface area contributed by atoms with E-state index in [2.05, 4.69) is 14.9 Å². The highest BCUT2D eigenvalue weighted by atomic mass is 35.5. The second-order valence-electron chi connectivity index (χ2n) is 6.15. The number of nitrogens with zero attached hydrogens (tertiary/aromatic N) is 4. The first-order valence-electron chi connectivity index (χ1n) is 8.27. The van der Waals surface area contributed by atoms with Crippen LogP contribution in [-0.2, 0) is 4.79 Å². The predicted octanol–water partition coefficient (Wildman–Crippen LogP) is 2.83. The molecular formula is C17H19ClN4OS. The van der Waals surface area contributed by atoms with Gasteiger partial charge in [-0.2, -0.15) is 11.8 Å². The van der Waals surface area contributed by atoms with Crippen LogP contribution in [-0.4, -0.2) is 58.0 Å². The Bertz CT molecular complexity index is 765. The smallest absolute Gasteiger partial charge is 0.245 e. The fraction of sp³-hybridized carbons (Fsp3) is 0.471. The Balaban J connectivity index is 1.66. The van der Waals surface area contributed by atoms with E-state index in [4.69, 9.17) is 11.6 Å². The third-order valence-corrected chi connectivity index (χ3v) is 5.89. The molecule has 2 aliphatic heterocycles. The van der Waals surface area contributed by atoms with E-state index in [0.29, 0.717) is 5.02 Å². The Hall–Kier alpha value is -1.53. The average Bonchev–Trinajstić information content (AvgIpc) is 3.10. The number of aromatic nitrogens is 2. The molecule has 0 N–H and O–H groups in total. The van der Waals surface area contributed by atoms with Crippen molar-refractivity contribution in [3.63, 3.8) is 0 Å². The lowest BCUT2D eigenvalue weighted by atomic mass is 10.1. The van der Waals surface area contributed by atoms with E-state index in [9.17, 15) is 4.79 Å². The Morgan fingerprint density at radius 3 is 2.88 bits per heavy atom. The summed E-state index contributed by atoms with van der Waals surface area (Å²) in [5, 5.41) is 1.61. The molecule has 1 amide bonds. The highest BCUT2D eigenvalue weighted by Gasteiger charge is 2.35. The normalized spacial score (nSPS) is 21.5. The van der Waals surface area contributed by atoms with Crippen LogP contribution >= 0.6 is 23.4 Å². The summed E-state index contributed by atoms with van der Waals surface area (Å²) in [4.78, 5) is 26.0. The summed E-state index contributed by atoms with van der Waals surface area (Å²) in [7, 11) is 0. The molecule has 1 unspecified atom stereocenters. The number of rotatable bonds is 2. The van der Waals surface area contributed by atoms with Gasteiger partial charge in [0.05, 0.1) is 5.52 Å². The highest BCUT2D eigenvalue weighted by molar-refractivity contribution is 7.99. The zero-order valence-corrected chi connectivity index (χ0v) is 14.9. The minimum atomic E-state index is -0.109. The van der Waals surface area contributed by atoms with Crippen LogP contribution in [0.15, 0.2) is 24.5 Å². The number of anilines is 1. The number of halogens is 1. The van der Waals surface area contributed by atoms with Gasteiger partial charge in [0.2, 0.25) is 5.91 Å². The minimum absolute atomic E-state index is 0.109. The van der Waals surface area contributed by atoms with Crippen molar-refractivity contribution in [1.82, 2.24) is 14.9 Å². The van der Waals surface area contributed by atoms with Crippen LogP contribution in [0.25, 0.3) is 10.9 Å². The van der Waals surface area contributed by atoms with E-state index < -0.39 is 0 Å². The van der Waals surface area contributed by atoms with E-state index in [-0.39, 0.29) is 11.9 Å². The molecule has 0 aliphatic carbocycles. The van der Waals surface area contributed by atoms with E-state index in [0.717, 1.165) is 60.7 Å². The number of thioether (sulfide) groups is 1. The summed E-state index contributed by atoms with van der Waals surface area (Å²) in [6, 6.07) is 5.54. The molecule has 7 heteroatoms. The first kappa shape index (κ1) is 16.0. The highest BCUT2D eigenvalue weighted by Crippen LogP contribution is 2.31. The van der Waals surface area contributed by atoms with Crippen molar-refractivity contribution in [3.8, 4) is 0 Å². The van der Waals surface area contributed by atoms with E-state index in [1.807, 2.05) is 34.9 Å². The zero-order chi connectivity index (χ0) is 16.5. The van der Waals surface area contributed by atoms with Crippen molar-refractivity contribution >= 4 is 46.0 Å². The molecule has 1 aromatic heterocycles. The lowest BCUT2D eigenvalue weighted by Gasteiger charge is -2.33. The molecule has 2 saturated heterocycles. The largest absolute Gasteiger partial charge is 0.344 e. The maximum atomic E-state index is 13.0. The molecule has 0 radical (unpaired) electrons. The maximum absolute atomic E-state index is 13.0. The predicted molar refractivity (Wildman–Crippen MR) is 98.8 cm³/mol. The monoisotopic (exact) mass is 362 g/mol. The molecule has 0 bridgehead atoms. The number of fused-ring (bicyclic) bond motifs is 1. The van der Waals surface area contributed by atoms with Gasteiger partial charge in [-0.15, -0.1) is 0 Å². The molecule has 1 aromatic carbocycles. The third-order valence-electron chi connectivity index (χ3n) is 4.71. The molecule has 0 saturated carbocycles. The van der Waals surface area contributed by atoms with Gasteiger partial charge in [0.1, 0.15) is 18.2 Å². The Morgan fingerprint density at radius 2 is 2.04 bits per heavy atom. The lowest BCUT2D eigenvalue weighted by molar-refractivity contribution is -0.132. The number of amides is 1. The Morgan fingerprint density at radius 1 is 1.21 bits per heavy atom. The molecule has 2 aromatic rings. The topological polar surface area (TPSA) is 49.3 Å². The molecule has 2 fully saturated rings. The number of hydrogen-bond donors (Lipinski definition) is 0. The van der Waals surface area contributed by atoms with Crippen LogP contribution < -0.4 is 4.90 Å². The van der Waals surface area contributed by atoms with Gasteiger partial charge in [0, 0.05) is 41.5 Å². The van der Waals surface area contributed by atoms with Crippen LogP contribution in [0.1, 0.15) is 12.8 Å². The van der Waals surface area contributed by atoms with Crippen LogP contribution in [0, 0.1) is 0 Å². The van der Waals surface area contributed by atoms with Crippen molar-refractivity contribution in [2.45, 2.75) is 18.9 Å². The first-order valence-corrected chi connectivity index (χ1v) is 9.81. The molecule has 3 heterocycles. The molecular weight excluding hydrogens is 344 g/mol. The third kappa shape index (κ3) is 2.93. The van der Waals surface area contributed by atoms with Crippen molar-refractivity contribution < 1.29 is 4.79 Å². The first-order chi connectivity index (χ1) is 11.7. The summed E-state index contributed by atoms with van der Waals surface area (Å²) in [5.41, 5.74) is 0.819. The van der Waals surface area contributed by atoms with Crippen molar-refractivity contribution in [2.24, 2.45) is 0 Å². The van der Waals surface area contributed by atoms with Gasteiger partial charge in [0.15, 0.2) is 0 Å². The van der Waals surface area contributed by atoms with Gasteiger partial charge >= 0.3 is 0 Å². The molecule has 24 heavy (non-hydrogen) atoms. The van der Waals surface area contributed by atoms with Crippen molar-refractivity contribution in [3.05, 3.63) is 29.5 Å². The van der Waals surface area contributed by atoms with Crippen LogP contribution in [0.2, 0.25) is 5.02 Å². The number of carbonyl (C=O) groups excluding carboxylic acids is 1. The molecule has 4 rings (SSSR count). The molecule has 1 atom stereocenters. The number of carbonyl (C=O) groups is 1. The van der Waals surface area contributed by atoms with Gasteiger partial charge in [-0.1, -0.05) is 11.6 Å². The molecule has 126 valence electrons. The fourth-order valence-electron chi connectivity index (χ4n) is 3.52. The van der Waals surface area contributed by atoms with Crippen LogP contribution in [0.3, 0.4) is 0 Å². The minimum Gasteiger partial charge on any atom is -0.344 e. The SMILES string of the molecule is O=C(C1CCCN1c1ncnc2cc(Cl)ccc12)N1CCSCC1. The second-order valence-corrected chi connectivity index (χ2v) is 7.81. The summed E-state index contributed by atoms with van der Waals surface area (Å²) in [6.45, 7) is 2.57. The number of benzene rings is 1. The van der Waals surface area contributed by atoms with E-state index in [1.54, 1.807) is 6.33 Å². The van der Waals surface area contributed by atoms with Crippen LogP contribution in [0.4, 0.5) is 5.82 Å². The number of hydrogen-bond acceptors (Lipinski definition) is 5. The Labute approximate surface area is 150 Å². The molecule has 2 aliphatic rings. The summed E-state index contributed by atoms with van der Waals surface area (Å²) in [6.07, 6.45) is 3.46. The molecule has 5 nitrogen and oxygen atoms in total. The quantitative estimate of drug-likeness (QED) is 0.822. The standard InChI is InChI=1S/C17H19ClN4OS/c18-12-3-4-13-14(10-12)19-11-20-16(13)22-5-1-2-15(22)17(23)21-6-8-24-9-7-21/h3-4,10-11,15H,1-2,5-9H2. The summed E-state index contributed by atoms with van der Waals surface area (Å²) in [5.74, 6) is 3.16. The van der Waals surface area contributed by atoms with Gasteiger partial charge in [-0.25, -0.2) is 9.97 Å². The lowest BCUT2D eigenvalue weighted by Crippen LogP contribution is -2.48.